The van der Waals surface area contributed by atoms with Crippen LogP contribution in [-0.2, 0) is 22.3 Å². The molecule has 1 N–H and O–H groups in total. The SMILES string of the molecule is Cc1ccc(CN2CC(C(=O)NC(C)c3ccc(C(F)(F)F)cc3)CC2=O)cc1. The number of amides is 2. The summed E-state index contributed by atoms with van der Waals surface area (Å²) in [5, 5.41) is 2.81. The molecule has 3 rings (SSSR count). The molecule has 2 aromatic carbocycles. The Morgan fingerprint density at radius 1 is 1.14 bits per heavy atom. The van der Waals surface area contributed by atoms with Crippen molar-refractivity contribution in [3.8, 4) is 0 Å². The van der Waals surface area contributed by atoms with E-state index in [0.29, 0.717) is 18.7 Å². The van der Waals surface area contributed by atoms with Crippen LogP contribution in [0.15, 0.2) is 48.5 Å². The molecule has 0 saturated carbocycles. The van der Waals surface area contributed by atoms with Gasteiger partial charge in [-0.15, -0.1) is 0 Å². The van der Waals surface area contributed by atoms with Gasteiger partial charge in [0.25, 0.3) is 0 Å². The van der Waals surface area contributed by atoms with Gasteiger partial charge in [0.05, 0.1) is 17.5 Å². The molecule has 1 aliphatic rings. The molecule has 0 aliphatic carbocycles. The first-order chi connectivity index (χ1) is 13.6. The molecule has 1 aliphatic heterocycles. The second-order valence-electron chi connectivity index (χ2n) is 7.51. The summed E-state index contributed by atoms with van der Waals surface area (Å²) in [6.07, 6.45) is -4.26. The van der Waals surface area contributed by atoms with Gasteiger partial charge in [-0.25, -0.2) is 0 Å². The lowest BCUT2D eigenvalue weighted by Crippen LogP contribution is -2.34. The monoisotopic (exact) mass is 404 g/mol. The predicted octanol–water partition coefficient (Wildman–Crippen LogP) is 4.24. The molecule has 0 radical (unpaired) electrons. The third kappa shape index (κ3) is 5.16. The molecule has 1 fully saturated rings. The molecule has 0 aromatic heterocycles. The van der Waals surface area contributed by atoms with Gasteiger partial charge in [-0.05, 0) is 37.1 Å². The number of carbonyl (C=O) groups is 2. The molecule has 4 nitrogen and oxygen atoms in total. The number of hydrogen-bond donors (Lipinski definition) is 1. The van der Waals surface area contributed by atoms with Crippen molar-refractivity contribution >= 4 is 11.8 Å². The minimum absolute atomic E-state index is 0.0760. The average molecular weight is 404 g/mol. The average Bonchev–Trinajstić information content (AvgIpc) is 3.03. The van der Waals surface area contributed by atoms with Crippen LogP contribution in [0.2, 0.25) is 0 Å². The van der Waals surface area contributed by atoms with E-state index in [2.05, 4.69) is 5.32 Å². The van der Waals surface area contributed by atoms with Crippen molar-refractivity contribution < 1.29 is 22.8 Å². The minimum atomic E-state index is -4.39. The molecule has 1 saturated heterocycles. The highest BCUT2D eigenvalue weighted by atomic mass is 19.4. The summed E-state index contributed by atoms with van der Waals surface area (Å²) in [7, 11) is 0. The van der Waals surface area contributed by atoms with Crippen LogP contribution in [0.3, 0.4) is 0 Å². The molecule has 154 valence electrons. The highest BCUT2D eigenvalue weighted by Crippen LogP contribution is 2.30. The molecular weight excluding hydrogens is 381 g/mol. The third-order valence-corrected chi connectivity index (χ3v) is 5.18. The zero-order chi connectivity index (χ0) is 21.2. The molecule has 29 heavy (non-hydrogen) atoms. The third-order valence-electron chi connectivity index (χ3n) is 5.18. The molecule has 2 aromatic rings. The molecule has 1 heterocycles. The Morgan fingerprint density at radius 2 is 1.76 bits per heavy atom. The lowest BCUT2D eigenvalue weighted by Gasteiger charge is -2.19. The van der Waals surface area contributed by atoms with Crippen molar-refractivity contribution in [2.75, 3.05) is 6.54 Å². The van der Waals surface area contributed by atoms with Crippen LogP contribution >= 0.6 is 0 Å². The first-order valence-electron chi connectivity index (χ1n) is 9.44. The summed E-state index contributed by atoms with van der Waals surface area (Å²) in [5.41, 5.74) is 1.99. The van der Waals surface area contributed by atoms with Gasteiger partial charge in [0.15, 0.2) is 0 Å². The van der Waals surface area contributed by atoms with E-state index in [1.54, 1.807) is 11.8 Å². The molecular formula is C22H23F3N2O2. The molecule has 0 bridgehead atoms. The number of nitrogens with zero attached hydrogens (tertiary/aromatic N) is 1. The van der Waals surface area contributed by atoms with E-state index in [0.717, 1.165) is 23.3 Å². The normalized spacial score (nSPS) is 18.0. The van der Waals surface area contributed by atoms with Crippen molar-refractivity contribution in [3.05, 3.63) is 70.8 Å². The number of likely N-dealkylation sites (tertiary alicyclic amines) is 1. The topological polar surface area (TPSA) is 49.4 Å². The van der Waals surface area contributed by atoms with Crippen LogP contribution in [-0.4, -0.2) is 23.3 Å². The van der Waals surface area contributed by atoms with Gasteiger partial charge in [-0.3, -0.25) is 9.59 Å². The van der Waals surface area contributed by atoms with E-state index in [4.69, 9.17) is 0 Å². The Labute approximate surface area is 167 Å². The number of benzene rings is 2. The van der Waals surface area contributed by atoms with Gasteiger partial charge in [0.1, 0.15) is 0 Å². The number of rotatable bonds is 5. The minimum Gasteiger partial charge on any atom is -0.349 e. The quantitative estimate of drug-likeness (QED) is 0.811. The van der Waals surface area contributed by atoms with Crippen LogP contribution in [0.5, 0.6) is 0 Å². The number of halogens is 3. The van der Waals surface area contributed by atoms with Gasteiger partial charge in [-0.2, -0.15) is 13.2 Å². The number of nitrogens with one attached hydrogen (secondary N) is 1. The molecule has 2 atom stereocenters. The van der Waals surface area contributed by atoms with Crippen LogP contribution in [0.1, 0.15) is 41.6 Å². The Kier molecular flexibility index (Phi) is 5.96. The number of aryl methyl sites for hydroxylation is 1. The fraction of sp³-hybridized carbons (Fsp3) is 0.364. The zero-order valence-electron chi connectivity index (χ0n) is 16.3. The van der Waals surface area contributed by atoms with Crippen molar-refractivity contribution in [2.24, 2.45) is 5.92 Å². The van der Waals surface area contributed by atoms with E-state index in [9.17, 15) is 22.8 Å². The molecule has 2 amide bonds. The van der Waals surface area contributed by atoms with E-state index >= 15 is 0 Å². The largest absolute Gasteiger partial charge is 0.416 e. The van der Waals surface area contributed by atoms with Gasteiger partial charge in [-0.1, -0.05) is 42.0 Å². The summed E-state index contributed by atoms with van der Waals surface area (Å²) in [4.78, 5) is 26.5. The summed E-state index contributed by atoms with van der Waals surface area (Å²) >= 11 is 0. The van der Waals surface area contributed by atoms with E-state index in [1.165, 1.54) is 12.1 Å². The Bertz CT molecular complexity index is 876. The molecule has 0 spiro atoms. The second kappa shape index (κ2) is 8.27. The lowest BCUT2D eigenvalue weighted by atomic mass is 10.0. The van der Waals surface area contributed by atoms with Crippen molar-refractivity contribution in [3.63, 3.8) is 0 Å². The first kappa shape index (κ1) is 20.9. The Morgan fingerprint density at radius 3 is 2.34 bits per heavy atom. The Balaban J connectivity index is 1.57. The van der Waals surface area contributed by atoms with Gasteiger partial charge >= 0.3 is 6.18 Å². The van der Waals surface area contributed by atoms with E-state index in [1.807, 2.05) is 31.2 Å². The number of hydrogen-bond acceptors (Lipinski definition) is 2. The summed E-state index contributed by atoms with van der Waals surface area (Å²) in [6, 6.07) is 12.1. The fourth-order valence-corrected chi connectivity index (χ4v) is 3.39. The number of alkyl halides is 3. The zero-order valence-corrected chi connectivity index (χ0v) is 16.3. The first-order valence-corrected chi connectivity index (χ1v) is 9.44. The standard InChI is InChI=1S/C22H23F3N2O2/c1-14-3-5-16(6-4-14)12-27-13-18(11-20(27)28)21(29)26-15(2)17-7-9-19(10-8-17)22(23,24)25/h3-10,15,18H,11-13H2,1-2H3,(H,26,29). The van der Waals surface area contributed by atoms with Crippen LogP contribution in [0.4, 0.5) is 13.2 Å². The maximum atomic E-state index is 12.7. The fourth-order valence-electron chi connectivity index (χ4n) is 3.39. The van der Waals surface area contributed by atoms with Crippen molar-refractivity contribution in [2.45, 2.75) is 39.0 Å². The van der Waals surface area contributed by atoms with Crippen LogP contribution in [0, 0.1) is 12.8 Å². The lowest BCUT2D eigenvalue weighted by molar-refractivity contribution is -0.137. The van der Waals surface area contributed by atoms with Crippen molar-refractivity contribution in [1.29, 1.82) is 0 Å². The maximum absolute atomic E-state index is 12.7. The van der Waals surface area contributed by atoms with Gasteiger partial charge < -0.3 is 10.2 Å². The smallest absolute Gasteiger partial charge is 0.349 e. The van der Waals surface area contributed by atoms with Crippen molar-refractivity contribution in [1.82, 2.24) is 10.2 Å². The van der Waals surface area contributed by atoms with Crippen LogP contribution < -0.4 is 5.32 Å². The summed E-state index contributed by atoms with van der Waals surface area (Å²) in [5.74, 6) is -0.810. The van der Waals surface area contributed by atoms with Crippen LogP contribution in [0.25, 0.3) is 0 Å². The van der Waals surface area contributed by atoms with E-state index in [-0.39, 0.29) is 18.2 Å². The Hall–Kier alpha value is -2.83. The second-order valence-corrected chi connectivity index (χ2v) is 7.51. The summed E-state index contributed by atoms with van der Waals surface area (Å²) in [6.45, 7) is 4.49. The highest BCUT2D eigenvalue weighted by molar-refractivity contribution is 5.89. The maximum Gasteiger partial charge on any atom is 0.416 e. The molecule has 7 heteroatoms. The van der Waals surface area contributed by atoms with E-state index < -0.39 is 23.7 Å². The molecule has 2 unspecified atom stereocenters. The predicted molar refractivity (Wildman–Crippen MR) is 103 cm³/mol. The van der Waals surface area contributed by atoms with Gasteiger partial charge in [0, 0.05) is 19.5 Å². The van der Waals surface area contributed by atoms with Gasteiger partial charge in [0.2, 0.25) is 11.8 Å². The number of carbonyl (C=O) groups excluding carboxylic acids is 2. The summed E-state index contributed by atoms with van der Waals surface area (Å²) < 4.78 is 38.0. The highest BCUT2D eigenvalue weighted by Gasteiger charge is 2.35.